The first-order valence-corrected chi connectivity index (χ1v) is 6.10. The van der Waals surface area contributed by atoms with Crippen LogP contribution in [0.5, 0.6) is 5.75 Å². The average Bonchev–Trinajstić information content (AvgIpc) is 2.26. The number of rotatable bonds is 0. The molecule has 0 bridgehead atoms. The molecule has 0 spiro atoms. The number of aliphatic hydroxyl groups is 1. The normalized spacial score (nSPS) is 22.0. The van der Waals surface area contributed by atoms with Gasteiger partial charge in [-0.15, -0.1) is 0 Å². The first kappa shape index (κ1) is 11.4. The first-order chi connectivity index (χ1) is 8.42. The summed E-state index contributed by atoms with van der Waals surface area (Å²) >= 11 is 0. The van der Waals surface area contributed by atoms with Gasteiger partial charge in [-0.25, -0.2) is 0 Å². The molecule has 18 heavy (non-hydrogen) atoms. The molecule has 0 saturated heterocycles. The molecule has 3 nitrogen and oxygen atoms in total. The van der Waals surface area contributed by atoms with Gasteiger partial charge < -0.3 is 15.6 Å². The van der Waals surface area contributed by atoms with E-state index >= 15 is 0 Å². The Hall–Kier alpha value is -1.74. The molecule has 3 rings (SSSR count). The Morgan fingerprint density at radius 1 is 1.22 bits per heavy atom. The number of hydrogen-bond donors (Lipinski definition) is 2. The quantitative estimate of drug-likeness (QED) is 0.699. The summed E-state index contributed by atoms with van der Waals surface area (Å²) in [6.07, 6.45) is 0. The number of nitrogen functional groups attached to an aromatic ring is 1. The lowest BCUT2D eigenvalue weighted by atomic mass is 9.86. The van der Waals surface area contributed by atoms with Crippen molar-refractivity contribution >= 4 is 16.5 Å². The van der Waals surface area contributed by atoms with Crippen molar-refractivity contribution in [2.75, 3.05) is 12.3 Å². The van der Waals surface area contributed by atoms with E-state index in [2.05, 4.69) is 0 Å². The number of ether oxygens (including phenoxy) is 1. The predicted molar refractivity (Wildman–Crippen MR) is 72.9 cm³/mol. The lowest BCUT2D eigenvalue weighted by molar-refractivity contribution is 0.00354. The van der Waals surface area contributed by atoms with Crippen LogP contribution < -0.4 is 10.5 Å². The van der Waals surface area contributed by atoms with Gasteiger partial charge in [0.1, 0.15) is 18.0 Å². The van der Waals surface area contributed by atoms with Crippen molar-refractivity contribution in [1.29, 1.82) is 0 Å². The van der Waals surface area contributed by atoms with E-state index in [0.717, 1.165) is 38.9 Å². The summed E-state index contributed by atoms with van der Waals surface area (Å²) in [5, 5.41) is 12.4. The fraction of sp³-hybridized carbons (Fsp3) is 0.333. The zero-order chi connectivity index (χ0) is 13.1. The van der Waals surface area contributed by atoms with Gasteiger partial charge in [0, 0.05) is 16.5 Å². The van der Waals surface area contributed by atoms with E-state index in [0.29, 0.717) is 0 Å². The molecular formula is C15H17NO2. The Morgan fingerprint density at radius 2 is 1.94 bits per heavy atom. The Kier molecular flexibility index (Phi) is 2.14. The highest BCUT2D eigenvalue weighted by atomic mass is 16.5. The molecule has 94 valence electrons. The third-order valence-electron chi connectivity index (χ3n) is 3.74. The molecular weight excluding hydrogens is 226 g/mol. The second kappa shape index (κ2) is 3.39. The van der Waals surface area contributed by atoms with Gasteiger partial charge in [0.25, 0.3) is 0 Å². The second-order valence-electron chi connectivity index (χ2n) is 5.35. The zero-order valence-electron chi connectivity index (χ0n) is 10.9. The summed E-state index contributed by atoms with van der Waals surface area (Å²) < 4.78 is 5.75. The van der Waals surface area contributed by atoms with Gasteiger partial charge in [0.2, 0.25) is 0 Å². The second-order valence-corrected chi connectivity index (χ2v) is 5.35. The van der Waals surface area contributed by atoms with Crippen LogP contribution in [-0.2, 0) is 5.60 Å². The maximum absolute atomic E-state index is 10.4. The smallest absolute Gasteiger partial charge is 0.130 e. The summed E-state index contributed by atoms with van der Waals surface area (Å²) in [4.78, 5) is 0. The standard InChI is InChI=1S/C15H17NO2/c1-8-4-5-10-13-12(8)11(16)6-9(2)14(13)18-7-15(10,3)17/h4-6,17H,7,16H2,1-3H3. The highest BCUT2D eigenvalue weighted by Gasteiger charge is 2.33. The number of aryl methyl sites for hydroxylation is 2. The molecule has 1 aliphatic rings. The van der Waals surface area contributed by atoms with Gasteiger partial charge in [0.15, 0.2) is 0 Å². The fourth-order valence-corrected chi connectivity index (χ4v) is 2.81. The number of benzene rings is 2. The zero-order valence-corrected chi connectivity index (χ0v) is 10.9. The minimum atomic E-state index is -0.959. The average molecular weight is 243 g/mol. The maximum Gasteiger partial charge on any atom is 0.130 e. The highest BCUT2D eigenvalue weighted by molar-refractivity contribution is 6.03. The van der Waals surface area contributed by atoms with Crippen LogP contribution in [-0.4, -0.2) is 11.7 Å². The van der Waals surface area contributed by atoms with Crippen LogP contribution in [0.4, 0.5) is 5.69 Å². The van der Waals surface area contributed by atoms with Crippen molar-refractivity contribution in [3.05, 3.63) is 34.9 Å². The summed E-state index contributed by atoms with van der Waals surface area (Å²) in [7, 11) is 0. The largest absolute Gasteiger partial charge is 0.489 e. The molecule has 3 N–H and O–H groups in total. The van der Waals surface area contributed by atoms with Crippen LogP contribution >= 0.6 is 0 Å². The first-order valence-electron chi connectivity index (χ1n) is 6.10. The van der Waals surface area contributed by atoms with Crippen molar-refractivity contribution < 1.29 is 9.84 Å². The Balaban J connectivity index is 2.56. The monoisotopic (exact) mass is 243 g/mol. The van der Waals surface area contributed by atoms with Crippen LogP contribution in [0, 0.1) is 13.8 Å². The fourth-order valence-electron chi connectivity index (χ4n) is 2.81. The van der Waals surface area contributed by atoms with Gasteiger partial charge in [-0.1, -0.05) is 12.1 Å². The van der Waals surface area contributed by atoms with Gasteiger partial charge in [-0.2, -0.15) is 0 Å². The summed E-state index contributed by atoms with van der Waals surface area (Å²) in [5.41, 5.74) is 8.93. The summed E-state index contributed by atoms with van der Waals surface area (Å²) in [6.45, 7) is 6.07. The van der Waals surface area contributed by atoms with E-state index in [1.807, 2.05) is 32.0 Å². The van der Waals surface area contributed by atoms with Gasteiger partial charge in [-0.05, 0) is 43.5 Å². The van der Waals surface area contributed by atoms with Gasteiger partial charge in [-0.3, -0.25) is 0 Å². The summed E-state index contributed by atoms with van der Waals surface area (Å²) in [5.74, 6) is 0.851. The molecule has 0 radical (unpaired) electrons. The van der Waals surface area contributed by atoms with E-state index < -0.39 is 5.60 Å². The molecule has 2 aromatic rings. The lowest BCUT2D eigenvalue weighted by Gasteiger charge is -2.32. The van der Waals surface area contributed by atoms with Crippen molar-refractivity contribution in [3.8, 4) is 5.75 Å². The molecule has 3 heteroatoms. The molecule has 2 aromatic carbocycles. The molecule has 1 aliphatic heterocycles. The summed E-state index contributed by atoms with van der Waals surface area (Å²) in [6, 6.07) is 5.92. The lowest BCUT2D eigenvalue weighted by Crippen LogP contribution is -2.33. The topological polar surface area (TPSA) is 55.5 Å². The Morgan fingerprint density at radius 3 is 2.67 bits per heavy atom. The molecule has 1 heterocycles. The maximum atomic E-state index is 10.4. The van der Waals surface area contributed by atoms with Gasteiger partial charge in [0.05, 0.1) is 0 Å². The van der Waals surface area contributed by atoms with Crippen molar-refractivity contribution in [3.63, 3.8) is 0 Å². The Labute approximate surface area is 106 Å². The van der Waals surface area contributed by atoms with E-state index in [1.165, 1.54) is 0 Å². The number of nitrogens with two attached hydrogens (primary N) is 1. The minimum Gasteiger partial charge on any atom is -0.489 e. The van der Waals surface area contributed by atoms with Crippen LogP contribution in [0.15, 0.2) is 18.2 Å². The van der Waals surface area contributed by atoms with Crippen LogP contribution in [0.2, 0.25) is 0 Å². The van der Waals surface area contributed by atoms with E-state index in [9.17, 15) is 5.11 Å². The van der Waals surface area contributed by atoms with Gasteiger partial charge >= 0.3 is 0 Å². The third kappa shape index (κ3) is 1.34. The van der Waals surface area contributed by atoms with E-state index in [-0.39, 0.29) is 6.61 Å². The van der Waals surface area contributed by atoms with E-state index in [4.69, 9.17) is 10.5 Å². The van der Waals surface area contributed by atoms with Crippen LogP contribution in [0.25, 0.3) is 10.8 Å². The molecule has 1 unspecified atom stereocenters. The highest BCUT2D eigenvalue weighted by Crippen LogP contribution is 2.44. The minimum absolute atomic E-state index is 0.281. The van der Waals surface area contributed by atoms with Crippen molar-refractivity contribution in [2.24, 2.45) is 0 Å². The predicted octanol–water partition coefficient (Wildman–Crippen LogP) is 2.64. The molecule has 0 amide bonds. The molecule has 0 saturated carbocycles. The SMILES string of the molecule is Cc1cc(N)c2c(C)ccc3c2c1OCC3(C)O. The number of anilines is 1. The molecule has 0 aliphatic carbocycles. The van der Waals surface area contributed by atoms with Crippen LogP contribution in [0.1, 0.15) is 23.6 Å². The van der Waals surface area contributed by atoms with Crippen molar-refractivity contribution in [2.45, 2.75) is 26.4 Å². The Bertz CT molecular complexity index is 659. The third-order valence-corrected chi connectivity index (χ3v) is 3.74. The molecule has 0 fully saturated rings. The number of hydrogen-bond acceptors (Lipinski definition) is 3. The van der Waals surface area contributed by atoms with Crippen LogP contribution in [0.3, 0.4) is 0 Å². The van der Waals surface area contributed by atoms with Crippen molar-refractivity contribution in [1.82, 2.24) is 0 Å². The van der Waals surface area contributed by atoms with E-state index in [1.54, 1.807) is 6.92 Å². The molecule has 0 aromatic heterocycles. The molecule has 1 atom stereocenters.